The Morgan fingerprint density at radius 2 is 1.01 bits per heavy atom. The van der Waals surface area contributed by atoms with E-state index in [1.54, 1.807) is 42.5 Å². The Bertz CT molecular complexity index is 3110. The van der Waals surface area contributed by atoms with Crippen LogP contribution in [0, 0.1) is 16.7 Å². The number of benzene rings is 4. The second-order valence-electron chi connectivity index (χ2n) is 21.7. The molecule has 21 N–H and O–H groups in total. The summed E-state index contributed by atoms with van der Waals surface area (Å²) < 4.78 is 0. The number of nitrogens with one attached hydrogen (secondary N) is 12. The fraction of sp³-hybridized carbons (Fsp3) is 0.433. The molecule has 1 saturated heterocycles. The number of aromatic hydroxyl groups is 1. The molecule has 0 unspecified atom stereocenters. The van der Waals surface area contributed by atoms with Crippen LogP contribution < -0.4 is 76.1 Å². The molecular weight excluding hydrogens is 1130 g/mol. The highest BCUT2D eigenvalue weighted by atomic mass is 16.3. The average molecular weight is 1220 g/mol. The predicted octanol–water partition coefficient (Wildman–Crippen LogP) is -2.28. The lowest BCUT2D eigenvalue weighted by Crippen LogP contribution is -2.60. The van der Waals surface area contributed by atoms with Gasteiger partial charge in [-0.2, -0.15) is 0 Å². The zero-order chi connectivity index (χ0) is 64.5. The SMILES string of the molecule is C[C@H](NC(=O)[C@H](Cc1ccc2ccccc2c1)NC(=O)[C@H](Cc1ccc(O)cc1)NC(=O)C1CCNCC1)C(=O)N[C@@H](Cc1ccccc1)C(=O)N[C@@H](CCCNC(=N)N)C(=O)N(C)[C@@H](C)C(=O)N[C@@H](CCCNC(=N)N)C(=O)N[C@@H](CC(N)=O)C(N)=O. The number of guanidine groups is 2. The standard InChI is InChI=1S/C60H83N17O11/c1-34(70-55(85)48(32-38-17-20-39-13-7-8-14-41(39)29-38)76-57(87)47(31-37-18-21-42(78)22-19-37)75-53(83)40-23-27-67-28-24-40)51(81)74-46(30-36-11-5-4-6-12-36)56(86)72-44(16-10-26-69-60(65)66)58(88)77(3)35(2)52(82)71-43(15-9-25-68-59(63)64)54(84)73-45(50(62)80)33-49(61)79/h4-8,11-14,17-22,29,34-35,40,43-48,67,78H,9-10,15-16,23-28,30-33H2,1-3H3,(H2,61,79)(H2,62,80)(H,70,85)(H,71,82)(H,72,86)(H,73,84)(H,74,81)(H,75,83)(H,76,87)(H4,63,64,68)(H4,65,66,69)/t34-,35-,43-,44-,45-,46-,47-,48-/m0/s1. The summed E-state index contributed by atoms with van der Waals surface area (Å²) >= 11 is 0. The fourth-order valence-electron chi connectivity index (χ4n) is 9.73. The number of hydrogen-bond acceptors (Lipinski definition) is 14. The predicted molar refractivity (Wildman–Crippen MR) is 328 cm³/mol. The van der Waals surface area contributed by atoms with Crippen LogP contribution in [-0.2, 0) is 67.2 Å². The van der Waals surface area contributed by atoms with Crippen LogP contribution in [0.5, 0.6) is 5.75 Å². The second kappa shape index (κ2) is 34.3. The summed E-state index contributed by atoms with van der Waals surface area (Å²) in [7, 11) is 1.28. The lowest BCUT2D eigenvalue weighted by Gasteiger charge is -2.31. The summed E-state index contributed by atoms with van der Waals surface area (Å²) in [4.78, 5) is 139. The summed E-state index contributed by atoms with van der Waals surface area (Å²) in [6.45, 7) is 4.16. The van der Waals surface area contributed by atoms with Crippen LogP contribution in [0.25, 0.3) is 10.8 Å². The van der Waals surface area contributed by atoms with Gasteiger partial charge in [-0.1, -0.05) is 84.9 Å². The van der Waals surface area contributed by atoms with Crippen molar-refractivity contribution < 1.29 is 53.1 Å². The Morgan fingerprint density at radius 1 is 0.545 bits per heavy atom. The first-order valence-electron chi connectivity index (χ1n) is 29.0. The monoisotopic (exact) mass is 1220 g/mol. The van der Waals surface area contributed by atoms with Gasteiger partial charge in [0.05, 0.1) is 6.42 Å². The molecule has 4 aromatic carbocycles. The number of phenols is 1. The highest BCUT2D eigenvalue weighted by Crippen LogP contribution is 2.19. The number of piperidine rings is 1. The molecule has 4 aromatic rings. The van der Waals surface area contributed by atoms with Gasteiger partial charge >= 0.3 is 0 Å². The zero-order valence-electron chi connectivity index (χ0n) is 49.6. The van der Waals surface area contributed by atoms with Crippen molar-refractivity contribution in [1.29, 1.82) is 10.8 Å². The van der Waals surface area contributed by atoms with Crippen molar-refractivity contribution in [1.82, 2.24) is 58.1 Å². The third-order valence-corrected chi connectivity index (χ3v) is 14.9. The molecule has 1 aliphatic heterocycles. The van der Waals surface area contributed by atoms with Gasteiger partial charge in [-0.25, -0.2) is 0 Å². The minimum Gasteiger partial charge on any atom is -0.508 e. The van der Waals surface area contributed by atoms with Crippen LogP contribution in [0.4, 0.5) is 0 Å². The van der Waals surface area contributed by atoms with E-state index >= 15 is 0 Å². The van der Waals surface area contributed by atoms with Crippen molar-refractivity contribution in [3.05, 3.63) is 114 Å². The molecule has 28 nitrogen and oxygen atoms in total. The van der Waals surface area contributed by atoms with Crippen molar-refractivity contribution in [2.75, 3.05) is 33.2 Å². The van der Waals surface area contributed by atoms with Crippen molar-refractivity contribution in [3.63, 3.8) is 0 Å². The molecule has 474 valence electrons. The summed E-state index contributed by atoms with van der Waals surface area (Å²) in [5, 5.41) is 54.1. The van der Waals surface area contributed by atoms with Crippen molar-refractivity contribution in [2.24, 2.45) is 28.9 Å². The molecule has 1 aliphatic rings. The topological polar surface area (TPSA) is 466 Å². The number of carbonyl (C=O) groups excluding carboxylic acids is 10. The third-order valence-electron chi connectivity index (χ3n) is 14.9. The van der Waals surface area contributed by atoms with E-state index in [-0.39, 0.29) is 87.5 Å². The van der Waals surface area contributed by atoms with Crippen molar-refractivity contribution in [2.45, 2.75) is 126 Å². The quantitative estimate of drug-likeness (QED) is 0.0136. The normalized spacial score (nSPS) is 14.9. The molecule has 88 heavy (non-hydrogen) atoms. The summed E-state index contributed by atoms with van der Waals surface area (Å²) in [6.07, 6.45) is 0.432. The number of hydrogen-bond donors (Lipinski definition) is 17. The molecule has 0 spiro atoms. The van der Waals surface area contributed by atoms with Gasteiger partial charge in [0.25, 0.3) is 0 Å². The van der Waals surface area contributed by atoms with Crippen LogP contribution in [-0.4, -0.2) is 163 Å². The minimum atomic E-state index is -1.52. The molecule has 8 atom stereocenters. The van der Waals surface area contributed by atoms with Crippen molar-refractivity contribution in [3.8, 4) is 5.75 Å². The number of phenolic OH excluding ortho intramolecular Hbond substituents is 1. The number of fused-ring (bicyclic) bond motifs is 1. The molecule has 1 heterocycles. The van der Waals surface area contributed by atoms with E-state index in [4.69, 9.17) is 33.8 Å². The van der Waals surface area contributed by atoms with E-state index in [1.165, 1.54) is 33.0 Å². The van der Waals surface area contributed by atoms with E-state index in [1.807, 2.05) is 42.5 Å². The van der Waals surface area contributed by atoms with Gasteiger partial charge in [0.15, 0.2) is 11.9 Å². The van der Waals surface area contributed by atoms with Crippen LogP contribution >= 0.6 is 0 Å². The minimum absolute atomic E-state index is 0.00300. The molecule has 0 aromatic heterocycles. The van der Waals surface area contributed by atoms with E-state index < -0.39 is 108 Å². The van der Waals surface area contributed by atoms with Crippen molar-refractivity contribution >= 4 is 81.8 Å². The lowest BCUT2D eigenvalue weighted by atomic mass is 9.96. The van der Waals surface area contributed by atoms with Gasteiger partial charge < -0.3 is 86.1 Å². The Labute approximate surface area is 509 Å². The van der Waals surface area contributed by atoms with E-state index in [9.17, 15) is 53.1 Å². The van der Waals surface area contributed by atoms with E-state index in [2.05, 4.69) is 53.2 Å². The molecule has 0 radical (unpaired) electrons. The molecule has 10 amide bonds. The van der Waals surface area contributed by atoms with Gasteiger partial charge in [0, 0.05) is 45.3 Å². The number of carbonyl (C=O) groups is 10. The Morgan fingerprint density at radius 3 is 1.59 bits per heavy atom. The third kappa shape index (κ3) is 22.5. The van der Waals surface area contributed by atoms with Crippen LogP contribution in [0.3, 0.4) is 0 Å². The number of nitrogens with zero attached hydrogens (tertiary/aromatic N) is 1. The summed E-state index contributed by atoms with van der Waals surface area (Å²) in [6, 6.07) is 17.0. The lowest BCUT2D eigenvalue weighted by molar-refractivity contribution is -0.142. The van der Waals surface area contributed by atoms with Gasteiger partial charge in [0.1, 0.15) is 54.1 Å². The molecule has 28 heteroatoms. The molecule has 0 bridgehead atoms. The Hall–Kier alpha value is -9.86. The smallest absolute Gasteiger partial charge is 0.245 e. The first kappa shape index (κ1) is 68.9. The molecule has 0 aliphatic carbocycles. The zero-order valence-corrected chi connectivity index (χ0v) is 49.6. The maximum Gasteiger partial charge on any atom is 0.245 e. The Kier molecular flexibility index (Phi) is 26.9. The second-order valence-corrected chi connectivity index (χ2v) is 21.7. The first-order valence-corrected chi connectivity index (χ1v) is 29.0. The number of rotatable bonds is 33. The molecular formula is C60H83N17O11. The van der Waals surface area contributed by atoms with Crippen LogP contribution in [0.1, 0.15) is 75.5 Å². The average Bonchev–Trinajstić information content (AvgIpc) is 2.01. The highest BCUT2D eigenvalue weighted by Gasteiger charge is 2.36. The maximum atomic E-state index is 14.7. The summed E-state index contributed by atoms with van der Waals surface area (Å²) in [5.41, 5.74) is 23.4. The first-order chi connectivity index (χ1) is 41.9. The fourth-order valence-corrected chi connectivity index (χ4v) is 9.73. The largest absolute Gasteiger partial charge is 0.508 e. The molecule has 0 saturated carbocycles. The number of amides is 10. The van der Waals surface area contributed by atoms with Crippen LogP contribution in [0.2, 0.25) is 0 Å². The number of nitrogens with two attached hydrogens (primary N) is 4. The molecule has 1 fully saturated rings. The summed E-state index contributed by atoms with van der Waals surface area (Å²) in [5.74, 6) is -9.12. The number of likely N-dealkylation sites (N-methyl/N-ethyl adjacent to an activating group) is 1. The van der Waals surface area contributed by atoms with Gasteiger partial charge in [-0.05, 0) is 105 Å². The maximum absolute atomic E-state index is 14.7. The van der Waals surface area contributed by atoms with Gasteiger partial charge in [-0.15, -0.1) is 0 Å². The molecule has 5 rings (SSSR count). The Balaban J connectivity index is 1.38. The van der Waals surface area contributed by atoms with Gasteiger partial charge in [0.2, 0.25) is 59.1 Å². The highest BCUT2D eigenvalue weighted by molar-refractivity contribution is 5.99. The van der Waals surface area contributed by atoms with Crippen LogP contribution in [0.15, 0.2) is 97.1 Å². The van der Waals surface area contributed by atoms with E-state index in [0.29, 0.717) is 42.6 Å². The van der Waals surface area contributed by atoms with Gasteiger partial charge in [-0.3, -0.25) is 58.8 Å². The van der Waals surface area contributed by atoms with E-state index in [0.717, 1.165) is 15.7 Å². The number of primary amides is 2.